The molecule has 0 radical (unpaired) electrons. The quantitative estimate of drug-likeness (QED) is 0.0222. The fourth-order valence-electron chi connectivity index (χ4n) is 10.7. The summed E-state index contributed by atoms with van der Waals surface area (Å²) < 4.78 is 68.2. The molecule has 19 heteroatoms. The second kappa shape index (κ2) is 60.7. The molecule has 0 aliphatic carbocycles. The van der Waals surface area contributed by atoms with Crippen LogP contribution in [0.2, 0.25) is 0 Å². The molecule has 0 saturated carbocycles. The van der Waals surface area contributed by atoms with Crippen molar-refractivity contribution >= 4 is 39.5 Å². The highest BCUT2D eigenvalue weighted by atomic mass is 31.2. The molecule has 0 aromatic heterocycles. The van der Waals surface area contributed by atoms with Crippen LogP contribution in [0, 0.1) is 23.7 Å². The van der Waals surface area contributed by atoms with Gasteiger partial charge in [-0.25, -0.2) is 9.13 Å². The van der Waals surface area contributed by atoms with Crippen LogP contribution in [-0.2, 0) is 65.4 Å². The number of hydrogen-bond acceptors (Lipinski definition) is 15. The molecule has 534 valence electrons. The van der Waals surface area contributed by atoms with E-state index in [9.17, 15) is 43.2 Å². The fraction of sp³-hybridized carbons (Fsp3) is 0.944. The summed E-state index contributed by atoms with van der Waals surface area (Å²) in [4.78, 5) is 72.4. The number of aliphatic hydroxyl groups excluding tert-OH is 1. The van der Waals surface area contributed by atoms with Gasteiger partial charge < -0.3 is 33.8 Å². The van der Waals surface area contributed by atoms with Gasteiger partial charge in [0.2, 0.25) is 0 Å². The molecule has 90 heavy (non-hydrogen) atoms. The number of carbonyl (C=O) groups excluding carboxylic acids is 4. The molecule has 0 rings (SSSR count). The smallest absolute Gasteiger partial charge is 0.462 e. The fourth-order valence-corrected chi connectivity index (χ4v) is 12.2. The molecule has 0 fully saturated rings. The topological polar surface area (TPSA) is 237 Å². The molecule has 0 bridgehead atoms. The lowest BCUT2D eigenvalue weighted by Crippen LogP contribution is -2.30. The zero-order chi connectivity index (χ0) is 66.8. The van der Waals surface area contributed by atoms with Crippen molar-refractivity contribution in [3.8, 4) is 0 Å². The third kappa shape index (κ3) is 64.8. The van der Waals surface area contributed by atoms with E-state index < -0.39 is 97.5 Å². The average molecular weight is 1330 g/mol. The number of phosphoric acid groups is 2. The zero-order valence-electron chi connectivity index (χ0n) is 58.8. The van der Waals surface area contributed by atoms with Gasteiger partial charge in [0.15, 0.2) is 12.2 Å². The first kappa shape index (κ1) is 88.1. The largest absolute Gasteiger partial charge is 0.472 e. The third-order valence-corrected chi connectivity index (χ3v) is 18.2. The van der Waals surface area contributed by atoms with Crippen LogP contribution in [0.5, 0.6) is 0 Å². The Hall–Kier alpha value is -1.94. The summed E-state index contributed by atoms with van der Waals surface area (Å²) in [6, 6.07) is 0. The number of rotatable bonds is 68. The molecule has 0 heterocycles. The van der Waals surface area contributed by atoms with E-state index in [1.807, 2.05) is 0 Å². The van der Waals surface area contributed by atoms with Crippen LogP contribution in [0.25, 0.3) is 0 Å². The van der Waals surface area contributed by atoms with Crippen LogP contribution >= 0.6 is 15.6 Å². The molecule has 0 aliphatic heterocycles. The monoisotopic (exact) mass is 1320 g/mol. The molecular formula is C71H138O17P2. The average Bonchev–Trinajstić information content (AvgIpc) is 3.17. The first-order valence-corrected chi connectivity index (χ1v) is 39.7. The maximum atomic E-state index is 13.0. The van der Waals surface area contributed by atoms with Gasteiger partial charge in [0.25, 0.3) is 0 Å². The highest BCUT2D eigenvalue weighted by Crippen LogP contribution is 2.45. The molecule has 0 aromatic rings. The molecule has 0 aromatic carbocycles. The van der Waals surface area contributed by atoms with Gasteiger partial charge in [0.05, 0.1) is 26.4 Å². The van der Waals surface area contributed by atoms with Gasteiger partial charge in [-0.3, -0.25) is 37.3 Å². The predicted molar refractivity (Wildman–Crippen MR) is 363 cm³/mol. The lowest BCUT2D eigenvalue weighted by atomic mass is 10.0. The first-order valence-electron chi connectivity index (χ1n) is 36.7. The van der Waals surface area contributed by atoms with E-state index in [1.54, 1.807) is 0 Å². The molecular weight excluding hydrogens is 1190 g/mol. The van der Waals surface area contributed by atoms with Crippen LogP contribution in [0.3, 0.4) is 0 Å². The van der Waals surface area contributed by atoms with Crippen molar-refractivity contribution in [2.75, 3.05) is 39.6 Å². The lowest BCUT2D eigenvalue weighted by molar-refractivity contribution is -0.161. The van der Waals surface area contributed by atoms with Gasteiger partial charge in [-0.05, 0) is 49.4 Å². The Morgan fingerprint density at radius 1 is 0.278 bits per heavy atom. The van der Waals surface area contributed by atoms with E-state index in [2.05, 4.69) is 55.4 Å². The Morgan fingerprint density at radius 2 is 0.467 bits per heavy atom. The summed E-state index contributed by atoms with van der Waals surface area (Å²) in [6.07, 6.45) is 43.6. The van der Waals surface area contributed by atoms with Crippen LogP contribution in [0.4, 0.5) is 0 Å². The van der Waals surface area contributed by atoms with Crippen molar-refractivity contribution in [2.45, 2.75) is 369 Å². The Balaban J connectivity index is 5.15. The number of hydrogen-bond donors (Lipinski definition) is 3. The minimum absolute atomic E-state index is 0.101. The molecule has 17 nitrogen and oxygen atoms in total. The number of phosphoric ester groups is 2. The van der Waals surface area contributed by atoms with E-state index >= 15 is 0 Å². The summed E-state index contributed by atoms with van der Waals surface area (Å²) >= 11 is 0. The molecule has 0 amide bonds. The Bertz CT molecular complexity index is 1780. The summed E-state index contributed by atoms with van der Waals surface area (Å²) in [7, 11) is -9.90. The summed E-state index contributed by atoms with van der Waals surface area (Å²) in [5.41, 5.74) is 0. The van der Waals surface area contributed by atoms with Gasteiger partial charge in [-0.1, -0.05) is 299 Å². The standard InChI is InChI=1S/C71H138O17P2/c1-61(2)47-39-31-23-19-17-15-13-11-9-10-12-14-16-18-20-26-37-45-53-70(75)87-66(57-81-68(73)51-43-35-25-22-21-24-32-40-48-62(3)4)59-85-89(77,78)83-55-65(72)56-84-90(79,80)86-60-67(88-71(76)54-46-38-30-28-34-42-50-64(7)8)58-82-69(74)52-44-36-29-27-33-41-49-63(5)6/h61-67,72H,9-60H2,1-8H3,(H,77,78)(H,79,80)/t65-,66-,67-/m1/s1. The van der Waals surface area contributed by atoms with Crippen molar-refractivity contribution < 1.29 is 80.2 Å². The predicted octanol–water partition coefficient (Wildman–Crippen LogP) is 20.1. The van der Waals surface area contributed by atoms with Gasteiger partial charge in [0.1, 0.15) is 19.3 Å². The molecule has 5 atom stereocenters. The Kier molecular flexibility index (Phi) is 59.4. The van der Waals surface area contributed by atoms with Crippen molar-refractivity contribution in [1.29, 1.82) is 0 Å². The second-order valence-electron chi connectivity index (χ2n) is 27.5. The van der Waals surface area contributed by atoms with E-state index in [1.165, 1.54) is 148 Å². The number of esters is 4. The maximum Gasteiger partial charge on any atom is 0.472 e. The van der Waals surface area contributed by atoms with Gasteiger partial charge >= 0.3 is 39.5 Å². The number of ether oxygens (including phenoxy) is 4. The van der Waals surface area contributed by atoms with Crippen molar-refractivity contribution in [3.05, 3.63) is 0 Å². The van der Waals surface area contributed by atoms with Gasteiger partial charge in [0, 0.05) is 25.7 Å². The van der Waals surface area contributed by atoms with Gasteiger partial charge in [-0.15, -0.1) is 0 Å². The van der Waals surface area contributed by atoms with E-state index in [4.69, 9.17) is 37.0 Å². The minimum Gasteiger partial charge on any atom is -0.462 e. The molecule has 2 unspecified atom stereocenters. The normalized spacial score (nSPS) is 14.3. The SMILES string of the molecule is CC(C)CCCCCCCCCCCCCCCCCCCCC(=O)O[C@H](COC(=O)CCCCCCCCCCC(C)C)COP(=O)(O)OC[C@@H](O)COP(=O)(O)OC[C@@H](COC(=O)CCCCCCCCC(C)C)OC(=O)CCCCCCCCC(C)C. The molecule has 0 saturated heterocycles. The number of aliphatic hydroxyl groups is 1. The van der Waals surface area contributed by atoms with Crippen molar-refractivity contribution in [1.82, 2.24) is 0 Å². The molecule has 3 N–H and O–H groups in total. The van der Waals surface area contributed by atoms with Crippen LogP contribution < -0.4 is 0 Å². The Labute approximate surface area is 549 Å². The van der Waals surface area contributed by atoms with Crippen molar-refractivity contribution in [3.63, 3.8) is 0 Å². The number of carbonyl (C=O) groups is 4. The second-order valence-corrected chi connectivity index (χ2v) is 30.4. The van der Waals surface area contributed by atoms with E-state index in [0.717, 1.165) is 108 Å². The Morgan fingerprint density at radius 3 is 0.689 bits per heavy atom. The van der Waals surface area contributed by atoms with Crippen LogP contribution in [0.15, 0.2) is 0 Å². The number of unbranched alkanes of at least 4 members (excludes halogenated alkanes) is 34. The highest BCUT2D eigenvalue weighted by Gasteiger charge is 2.30. The summed E-state index contributed by atoms with van der Waals surface area (Å²) in [6.45, 7) is 14.0. The van der Waals surface area contributed by atoms with Crippen molar-refractivity contribution in [2.24, 2.45) is 23.7 Å². The van der Waals surface area contributed by atoms with E-state index in [-0.39, 0.29) is 25.7 Å². The molecule has 0 spiro atoms. The third-order valence-electron chi connectivity index (χ3n) is 16.3. The summed E-state index contributed by atoms with van der Waals surface area (Å²) in [5, 5.41) is 10.6. The van der Waals surface area contributed by atoms with Crippen LogP contribution in [0.1, 0.15) is 351 Å². The van der Waals surface area contributed by atoms with Crippen LogP contribution in [-0.4, -0.2) is 96.7 Å². The van der Waals surface area contributed by atoms with Gasteiger partial charge in [-0.2, -0.15) is 0 Å². The minimum atomic E-state index is -4.95. The lowest BCUT2D eigenvalue weighted by Gasteiger charge is -2.21. The maximum absolute atomic E-state index is 13.0. The van der Waals surface area contributed by atoms with E-state index in [0.29, 0.717) is 37.5 Å². The first-order chi connectivity index (χ1) is 43.1. The zero-order valence-corrected chi connectivity index (χ0v) is 60.6. The highest BCUT2D eigenvalue weighted by molar-refractivity contribution is 7.47. The molecule has 0 aliphatic rings. The summed E-state index contributed by atoms with van der Waals surface area (Å²) in [5.74, 6) is 0.759.